The van der Waals surface area contributed by atoms with Gasteiger partial charge in [-0.25, -0.2) is 13.2 Å². The van der Waals surface area contributed by atoms with Crippen molar-refractivity contribution in [1.82, 2.24) is 5.32 Å². The fourth-order valence-corrected chi connectivity index (χ4v) is 5.53. The van der Waals surface area contributed by atoms with E-state index in [1.807, 2.05) is 24.3 Å². The van der Waals surface area contributed by atoms with Gasteiger partial charge in [0.05, 0.1) is 17.5 Å². The Bertz CT molecular complexity index is 1020. The fourth-order valence-electron chi connectivity index (χ4n) is 3.97. The smallest absolute Gasteiger partial charge is 0.319 e. The van der Waals surface area contributed by atoms with E-state index in [0.717, 1.165) is 37.2 Å². The number of anilines is 3. The molecule has 2 aliphatic rings. The molecule has 2 aromatic carbocycles. The molecule has 0 radical (unpaired) electrons. The average molecular weight is 445 g/mol. The first-order valence-electron chi connectivity index (χ1n) is 10.6. The summed E-state index contributed by atoms with van der Waals surface area (Å²) in [4.78, 5) is 14.6. The van der Waals surface area contributed by atoms with Crippen molar-refractivity contribution in [2.75, 3.05) is 39.9 Å². The maximum absolute atomic E-state index is 12.3. The lowest BCUT2D eigenvalue weighted by Crippen LogP contribution is -2.35. The molecular formula is C22H28N4O4S. The van der Waals surface area contributed by atoms with E-state index in [2.05, 4.69) is 15.5 Å². The Labute approximate surface area is 182 Å². The van der Waals surface area contributed by atoms with Crippen LogP contribution >= 0.6 is 0 Å². The maximum atomic E-state index is 12.3. The normalized spacial score (nSPS) is 18.7. The van der Waals surface area contributed by atoms with Crippen LogP contribution in [-0.4, -0.2) is 51.0 Å². The van der Waals surface area contributed by atoms with Crippen LogP contribution in [0.15, 0.2) is 48.5 Å². The summed E-state index contributed by atoms with van der Waals surface area (Å²) in [6.07, 6.45) is 1.99. The summed E-state index contributed by atoms with van der Waals surface area (Å²) in [6.45, 7) is 2.54. The molecule has 0 unspecified atom stereocenters. The van der Waals surface area contributed by atoms with E-state index >= 15 is 0 Å². The van der Waals surface area contributed by atoms with E-state index in [9.17, 15) is 18.3 Å². The van der Waals surface area contributed by atoms with Crippen molar-refractivity contribution in [2.45, 2.75) is 31.9 Å². The summed E-state index contributed by atoms with van der Waals surface area (Å²) in [6, 6.07) is 14.6. The number of nitrogens with one attached hydrogen (secondary N) is 2. The van der Waals surface area contributed by atoms with Gasteiger partial charge in [-0.15, -0.1) is 0 Å². The number of amides is 2. The third kappa shape index (κ3) is 5.29. The Balaban J connectivity index is 1.30. The van der Waals surface area contributed by atoms with Gasteiger partial charge in [-0.05, 0) is 55.2 Å². The molecule has 31 heavy (non-hydrogen) atoms. The lowest BCUT2D eigenvalue weighted by atomic mass is 10.1. The minimum Gasteiger partial charge on any atom is -0.393 e. The van der Waals surface area contributed by atoms with Crippen molar-refractivity contribution in [3.8, 4) is 0 Å². The van der Waals surface area contributed by atoms with Crippen LogP contribution < -0.4 is 19.8 Å². The van der Waals surface area contributed by atoms with E-state index in [4.69, 9.17) is 0 Å². The van der Waals surface area contributed by atoms with Gasteiger partial charge < -0.3 is 20.6 Å². The predicted molar refractivity (Wildman–Crippen MR) is 122 cm³/mol. The van der Waals surface area contributed by atoms with Crippen LogP contribution in [0.1, 0.15) is 24.8 Å². The largest absolute Gasteiger partial charge is 0.393 e. The Hall–Kier alpha value is -2.78. The molecule has 2 saturated heterocycles. The van der Waals surface area contributed by atoms with E-state index < -0.39 is 10.0 Å². The number of hydrogen-bond donors (Lipinski definition) is 3. The van der Waals surface area contributed by atoms with Gasteiger partial charge in [0, 0.05) is 37.6 Å². The first kappa shape index (κ1) is 21.5. The van der Waals surface area contributed by atoms with Crippen LogP contribution in [0, 0.1) is 0 Å². The highest BCUT2D eigenvalue weighted by molar-refractivity contribution is 7.93. The molecule has 9 heteroatoms. The number of aliphatic hydroxyl groups is 1. The summed E-state index contributed by atoms with van der Waals surface area (Å²) in [5.74, 6) is 0.156. The number of carbonyl (C=O) groups excluding carboxylic acids is 1. The van der Waals surface area contributed by atoms with E-state index in [-0.39, 0.29) is 17.9 Å². The molecule has 0 aromatic heterocycles. The van der Waals surface area contributed by atoms with Gasteiger partial charge >= 0.3 is 6.03 Å². The molecule has 0 aliphatic carbocycles. The van der Waals surface area contributed by atoms with Crippen LogP contribution in [0.25, 0.3) is 0 Å². The van der Waals surface area contributed by atoms with Crippen LogP contribution in [0.4, 0.5) is 21.9 Å². The number of urea groups is 1. The Morgan fingerprint density at radius 3 is 2.45 bits per heavy atom. The highest BCUT2D eigenvalue weighted by Gasteiger charge is 2.28. The fraction of sp³-hybridized carbons (Fsp3) is 0.409. The van der Waals surface area contributed by atoms with Gasteiger partial charge in [-0.2, -0.15) is 0 Å². The van der Waals surface area contributed by atoms with Crippen molar-refractivity contribution < 1.29 is 18.3 Å². The minimum atomic E-state index is -3.26. The molecule has 2 amide bonds. The van der Waals surface area contributed by atoms with E-state index in [0.29, 0.717) is 30.9 Å². The van der Waals surface area contributed by atoms with Crippen LogP contribution in [0.5, 0.6) is 0 Å². The SMILES string of the molecule is O=C(NCc1ccc(N2CCC(O)CC2)cc1)Nc1cccc(N2CCCS2(=O)=O)c1. The summed E-state index contributed by atoms with van der Waals surface area (Å²) in [7, 11) is -3.26. The Morgan fingerprint density at radius 1 is 1.03 bits per heavy atom. The first-order chi connectivity index (χ1) is 14.9. The number of hydrogen-bond acceptors (Lipinski definition) is 5. The topological polar surface area (TPSA) is 102 Å². The monoisotopic (exact) mass is 444 g/mol. The maximum Gasteiger partial charge on any atom is 0.319 e. The first-order valence-corrected chi connectivity index (χ1v) is 12.2. The Morgan fingerprint density at radius 2 is 1.77 bits per heavy atom. The van der Waals surface area contributed by atoms with Crippen LogP contribution in [0.3, 0.4) is 0 Å². The second-order valence-electron chi connectivity index (χ2n) is 7.98. The third-order valence-electron chi connectivity index (χ3n) is 5.71. The number of sulfonamides is 1. The molecule has 3 N–H and O–H groups in total. The molecule has 2 fully saturated rings. The average Bonchev–Trinajstić information content (AvgIpc) is 3.12. The zero-order valence-corrected chi connectivity index (χ0v) is 18.1. The third-order valence-corrected chi connectivity index (χ3v) is 7.58. The summed E-state index contributed by atoms with van der Waals surface area (Å²) in [5.41, 5.74) is 3.21. The molecule has 2 aliphatic heterocycles. The number of aliphatic hydroxyl groups excluding tert-OH is 1. The molecule has 2 aromatic rings. The van der Waals surface area contributed by atoms with Gasteiger partial charge in [-0.3, -0.25) is 4.31 Å². The lowest BCUT2D eigenvalue weighted by Gasteiger charge is -2.31. The molecule has 0 spiro atoms. The number of rotatable bonds is 5. The highest BCUT2D eigenvalue weighted by Crippen LogP contribution is 2.26. The number of carbonyl (C=O) groups is 1. The van der Waals surface area contributed by atoms with Crippen molar-refractivity contribution >= 4 is 33.1 Å². The zero-order valence-electron chi connectivity index (χ0n) is 17.3. The molecule has 166 valence electrons. The van der Waals surface area contributed by atoms with Crippen molar-refractivity contribution in [3.05, 3.63) is 54.1 Å². The van der Waals surface area contributed by atoms with Gasteiger partial charge in [0.2, 0.25) is 10.0 Å². The quantitative estimate of drug-likeness (QED) is 0.658. The molecule has 8 nitrogen and oxygen atoms in total. The Kier molecular flexibility index (Phi) is 6.33. The molecule has 2 heterocycles. The van der Waals surface area contributed by atoms with Crippen LogP contribution in [-0.2, 0) is 16.6 Å². The summed E-state index contributed by atoms with van der Waals surface area (Å²) in [5, 5.41) is 15.2. The number of nitrogens with zero attached hydrogens (tertiary/aromatic N) is 2. The van der Waals surface area contributed by atoms with Crippen molar-refractivity contribution in [2.24, 2.45) is 0 Å². The molecule has 0 atom stereocenters. The standard InChI is InChI=1S/C22H28N4O4S/c27-21-9-12-25(13-10-21)19-7-5-17(6-8-19)16-23-22(28)24-18-3-1-4-20(15-18)26-11-2-14-31(26,29)30/h1,3-8,15,21,27H,2,9-14,16H2,(H2,23,24,28). The van der Waals surface area contributed by atoms with Gasteiger partial charge in [-0.1, -0.05) is 18.2 Å². The van der Waals surface area contributed by atoms with E-state index in [1.54, 1.807) is 24.3 Å². The molecule has 0 saturated carbocycles. The zero-order chi connectivity index (χ0) is 21.8. The minimum absolute atomic E-state index is 0.156. The second kappa shape index (κ2) is 9.15. The van der Waals surface area contributed by atoms with Gasteiger partial charge in [0.25, 0.3) is 0 Å². The van der Waals surface area contributed by atoms with Gasteiger partial charge in [0.1, 0.15) is 0 Å². The van der Waals surface area contributed by atoms with Gasteiger partial charge in [0.15, 0.2) is 0 Å². The van der Waals surface area contributed by atoms with Crippen molar-refractivity contribution in [1.29, 1.82) is 0 Å². The summed E-state index contributed by atoms with van der Waals surface area (Å²) >= 11 is 0. The van der Waals surface area contributed by atoms with E-state index in [1.165, 1.54) is 4.31 Å². The molecule has 0 bridgehead atoms. The second-order valence-corrected chi connectivity index (χ2v) is 10.00. The molecule has 4 rings (SSSR count). The van der Waals surface area contributed by atoms with Crippen molar-refractivity contribution in [3.63, 3.8) is 0 Å². The predicted octanol–water partition coefficient (Wildman–Crippen LogP) is 2.51. The summed E-state index contributed by atoms with van der Waals surface area (Å²) < 4.78 is 25.6. The van der Waals surface area contributed by atoms with Crippen LogP contribution in [0.2, 0.25) is 0 Å². The number of piperidine rings is 1. The highest BCUT2D eigenvalue weighted by atomic mass is 32.2. The lowest BCUT2D eigenvalue weighted by molar-refractivity contribution is 0.145. The number of benzene rings is 2. The molecular weight excluding hydrogens is 416 g/mol.